The Kier molecular flexibility index (Phi) is 5.24. The van der Waals surface area contributed by atoms with Gasteiger partial charge in [0, 0.05) is 11.6 Å². The Morgan fingerprint density at radius 1 is 0.947 bits per heavy atom. The molecule has 0 saturated carbocycles. The molecule has 0 atom stereocenters. The Morgan fingerprint density at radius 2 is 1.74 bits per heavy atom. The molecule has 2 aromatic carbocycles. The Labute approximate surface area is 121 Å². The summed E-state index contributed by atoms with van der Waals surface area (Å²) in [5.41, 5.74) is 1.11. The molecule has 0 radical (unpaired) electrons. The van der Waals surface area contributed by atoms with Crippen LogP contribution in [-0.2, 0) is 11.3 Å². The van der Waals surface area contributed by atoms with E-state index >= 15 is 0 Å². The molecule has 2 aromatic rings. The lowest BCUT2D eigenvalue weighted by molar-refractivity contribution is 0.0484. The predicted molar refractivity (Wildman–Crippen MR) is 77.4 cm³/mol. The van der Waals surface area contributed by atoms with Crippen LogP contribution in [0.25, 0.3) is 0 Å². The molecule has 0 unspecified atom stereocenters. The van der Waals surface area contributed by atoms with Gasteiger partial charge in [-0.05, 0) is 23.8 Å². The number of benzene rings is 2. The molecule has 0 saturated heterocycles. The lowest BCUT2D eigenvalue weighted by atomic mass is 10.2. The molecule has 19 heavy (non-hydrogen) atoms. The number of methoxy groups -OCH3 is 1. The summed E-state index contributed by atoms with van der Waals surface area (Å²) in [6.07, 6.45) is 0. The van der Waals surface area contributed by atoms with Gasteiger partial charge in [-0.3, -0.25) is 0 Å². The summed E-state index contributed by atoms with van der Waals surface area (Å²) >= 11 is 3.42. The minimum Gasteiger partial charge on any atom is -0.485 e. The van der Waals surface area contributed by atoms with E-state index in [9.17, 15) is 0 Å². The molecule has 0 fully saturated rings. The standard InChI is InChI=1S/C15H15BrO3/c1-17-11-19-14-8-7-13(16)9-15(14)18-10-12-5-3-2-4-6-12/h2-9H,10-11H2,1H3. The molecule has 0 bridgehead atoms. The van der Waals surface area contributed by atoms with Crippen molar-refractivity contribution in [2.45, 2.75) is 6.61 Å². The lowest BCUT2D eigenvalue weighted by Gasteiger charge is -2.12. The van der Waals surface area contributed by atoms with E-state index in [-0.39, 0.29) is 6.79 Å². The van der Waals surface area contributed by atoms with Crippen LogP contribution >= 0.6 is 15.9 Å². The molecule has 0 N–H and O–H groups in total. The fraction of sp³-hybridized carbons (Fsp3) is 0.200. The summed E-state index contributed by atoms with van der Waals surface area (Å²) in [5.74, 6) is 1.36. The van der Waals surface area contributed by atoms with Crippen LogP contribution in [-0.4, -0.2) is 13.9 Å². The molecule has 0 spiro atoms. The Hall–Kier alpha value is -1.52. The number of hydrogen-bond donors (Lipinski definition) is 0. The second kappa shape index (κ2) is 7.16. The quantitative estimate of drug-likeness (QED) is 0.752. The number of halogens is 1. The highest BCUT2D eigenvalue weighted by Crippen LogP contribution is 2.31. The maximum absolute atomic E-state index is 5.79. The first kappa shape index (κ1) is 13.9. The molecule has 0 heterocycles. The Morgan fingerprint density at radius 3 is 2.47 bits per heavy atom. The van der Waals surface area contributed by atoms with E-state index in [0.717, 1.165) is 10.0 Å². The summed E-state index contributed by atoms with van der Waals surface area (Å²) in [5, 5.41) is 0. The minimum absolute atomic E-state index is 0.198. The summed E-state index contributed by atoms with van der Waals surface area (Å²) < 4.78 is 17.1. The summed E-state index contributed by atoms with van der Waals surface area (Å²) in [6.45, 7) is 0.698. The van der Waals surface area contributed by atoms with E-state index in [2.05, 4.69) is 15.9 Å². The first-order valence-electron chi connectivity index (χ1n) is 5.87. The highest BCUT2D eigenvalue weighted by Gasteiger charge is 2.06. The van der Waals surface area contributed by atoms with Gasteiger partial charge in [0.25, 0.3) is 0 Å². The van der Waals surface area contributed by atoms with Crippen molar-refractivity contribution in [2.75, 3.05) is 13.9 Å². The number of hydrogen-bond acceptors (Lipinski definition) is 3. The zero-order valence-corrected chi connectivity index (χ0v) is 12.2. The van der Waals surface area contributed by atoms with Gasteiger partial charge in [-0.2, -0.15) is 0 Å². The van der Waals surface area contributed by atoms with E-state index < -0.39 is 0 Å². The van der Waals surface area contributed by atoms with Gasteiger partial charge in [-0.25, -0.2) is 0 Å². The van der Waals surface area contributed by atoms with E-state index in [4.69, 9.17) is 14.2 Å². The molecule has 4 heteroatoms. The predicted octanol–water partition coefficient (Wildman–Crippen LogP) is 4.01. The molecule has 2 rings (SSSR count). The molecule has 0 aliphatic rings. The summed E-state index contributed by atoms with van der Waals surface area (Å²) in [7, 11) is 1.59. The van der Waals surface area contributed by atoms with E-state index in [1.54, 1.807) is 7.11 Å². The second-order valence-corrected chi connectivity index (χ2v) is 4.83. The summed E-state index contributed by atoms with van der Waals surface area (Å²) in [6, 6.07) is 15.6. The van der Waals surface area contributed by atoms with Gasteiger partial charge >= 0.3 is 0 Å². The first-order chi connectivity index (χ1) is 9.29. The molecule has 3 nitrogen and oxygen atoms in total. The smallest absolute Gasteiger partial charge is 0.188 e. The fourth-order valence-corrected chi connectivity index (χ4v) is 1.91. The Bertz CT molecular complexity index is 514. The van der Waals surface area contributed by atoms with Gasteiger partial charge in [-0.1, -0.05) is 46.3 Å². The van der Waals surface area contributed by atoms with Crippen LogP contribution in [0.15, 0.2) is 53.0 Å². The topological polar surface area (TPSA) is 27.7 Å². The van der Waals surface area contributed by atoms with E-state index in [0.29, 0.717) is 18.1 Å². The molecular formula is C15H15BrO3. The lowest BCUT2D eigenvalue weighted by Crippen LogP contribution is -2.02. The van der Waals surface area contributed by atoms with Crippen LogP contribution in [0.1, 0.15) is 5.56 Å². The monoisotopic (exact) mass is 322 g/mol. The molecular weight excluding hydrogens is 308 g/mol. The molecule has 100 valence electrons. The average molecular weight is 323 g/mol. The average Bonchev–Trinajstić information content (AvgIpc) is 2.45. The zero-order valence-electron chi connectivity index (χ0n) is 10.6. The number of ether oxygens (including phenoxy) is 3. The van der Waals surface area contributed by atoms with Crippen molar-refractivity contribution in [2.24, 2.45) is 0 Å². The van der Waals surface area contributed by atoms with Crippen LogP contribution in [0.5, 0.6) is 11.5 Å². The van der Waals surface area contributed by atoms with Crippen molar-refractivity contribution in [3.8, 4) is 11.5 Å². The van der Waals surface area contributed by atoms with Gasteiger partial charge in [0.05, 0.1) is 0 Å². The third kappa shape index (κ3) is 4.26. The van der Waals surface area contributed by atoms with Crippen molar-refractivity contribution in [3.63, 3.8) is 0 Å². The van der Waals surface area contributed by atoms with Gasteiger partial charge in [-0.15, -0.1) is 0 Å². The zero-order chi connectivity index (χ0) is 13.5. The highest BCUT2D eigenvalue weighted by molar-refractivity contribution is 9.10. The first-order valence-corrected chi connectivity index (χ1v) is 6.67. The normalized spacial score (nSPS) is 10.2. The Balaban J connectivity index is 2.07. The SMILES string of the molecule is COCOc1ccc(Br)cc1OCc1ccccc1. The van der Waals surface area contributed by atoms with Crippen molar-refractivity contribution in [1.82, 2.24) is 0 Å². The van der Waals surface area contributed by atoms with Crippen LogP contribution in [0.3, 0.4) is 0 Å². The second-order valence-electron chi connectivity index (χ2n) is 3.92. The van der Waals surface area contributed by atoms with Gasteiger partial charge < -0.3 is 14.2 Å². The molecule has 0 aliphatic carbocycles. The van der Waals surface area contributed by atoms with Crippen LogP contribution in [0, 0.1) is 0 Å². The van der Waals surface area contributed by atoms with E-state index in [1.165, 1.54) is 0 Å². The minimum atomic E-state index is 0.198. The number of rotatable bonds is 6. The molecule has 0 aliphatic heterocycles. The van der Waals surface area contributed by atoms with Crippen molar-refractivity contribution in [1.29, 1.82) is 0 Å². The van der Waals surface area contributed by atoms with Crippen molar-refractivity contribution < 1.29 is 14.2 Å². The third-order valence-corrected chi connectivity index (χ3v) is 2.97. The molecule has 0 aromatic heterocycles. The molecule has 0 amide bonds. The van der Waals surface area contributed by atoms with Crippen LogP contribution in [0.4, 0.5) is 0 Å². The maximum atomic E-state index is 5.79. The fourth-order valence-electron chi connectivity index (χ4n) is 1.57. The van der Waals surface area contributed by atoms with Crippen molar-refractivity contribution in [3.05, 3.63) is 58.6 Å². The maximum Gasteiger partial charge on any atom is 0.188 e. The van der Waals surface area contributed by atoms with E-state index in [1.807, 2.05) is 48.5 Å². The van der Waals surface area contributed by atoms with Gasteiger partial charge in [0.2, 0.25) is 0 Å². The third-order valence-electron chi connectivity index (χ3n) is 2.48. The van der Waals surface area contributed by atoms with Crippen LogP contribution in [0.2, 0.25) is 0 Å². The van der Waals surface area contributed by atoms with Crippen molar-refractivity contribution >= 4 is 15.9 Å². The highest BCUT2D eigenvalue weighted by atomic mass is 79.9. The van der Waals surface area contributed by atoms with Crippen LogP contribution < -0.4 is 9.47 Å². The largest absolute Gasteiger partial charge is 0.485 e. The summed E-state index contributed by atoms with van der Waals surface area (Å²) in [4.78, 5) is 0. The van der Waals surface area contributed by atoms with Gasteiger partial charge in [0.1, 0.15) is 6.61 Å². The van der Waals surface area contributed by atoms with Gasteiger partial charge in [0.15, 0.2) is 18.3 Å².